The number of aromatic amines is 1. The van der Waals surface area contributed by atoms with Crippen LogP contribution < -0.4 is 20.3 Å². The van der Waals surface area contributed by atoms with Gasteiger partial charge in [-0.05, 0) is 50.9 Å². The van der Waals surface area contributed by atoms with Crippen LogP contribution in [-0.2, 0) is 4.79 Å². The summed E-state index contributed by atoms with van der Waals surface area (Å²) in [5.41, 5.74) is 5.01. The van der Waals surface area contributed by atoms with Crippen LogP contribution in [0.15, 0.2) is 49.3 Å². The summed E-state index contributed by atoms with van der Waals surface area (Å²) in [7, 11) is 7.53. The average Bonchev–Trinajstić information content (AvgIpc) is 3.31. The maximum atomic E-state index is 12.2. The van der Waals surface area contributed by atoms with E-state index in [0.29, 0.717) is 45.7 Å². The number of aromatic nitrogens is 4. The first kappa shape index (κ1) is 27.1. The lowest BCUT2D eigenvalue weighted by Gasteiger charge is -2.26. The molecule has 3 aromatic heterocycles. The summed E-state index contributed by atoms with van der Waals surface area (Å²) in [5.74, 6) is 0.509. The molecule has 1 aromatic carbocycles. The average molecular weight is 526 g/mol. The predicted molar refractivity (Wildman–Crippen MR) is 153 cm³/mol. The minimum atomic E-state index is -0.332. The number of ether oxygens (including phenoxy) is 1. The number of pyridine rings is 1. The summed E-state index contributed by atoms with van der Waals surface area (Å²) in [6.45, 7) is 7.08. The van der Waals surface area contributed by atoms with Gasteiger partial charge in [-0.1, -0.05) is 6.58 Å². The van der Waals surface area contributed by atoms with Gasteiger partial charge in [0.25, 0.3) is 0 Å². The molecule has 11 nitrogen and oxygen atoms in total. The molecule has 0 aliphatic carbocycles. The number of amides is 1. The highest BCUT2D eigenvalue weighted by Crippen LogP contribution is 2.38. The molecule has 0 radical (unpaired) electrons. The number of benzene rings is 1. The minimum absolute atomic E-state index is 0.293. The van der Waals surface area contributed by atoms with E-state index in [-0.39, 0.29) is 5.91 Å². The Morgan fingerprint density at radius 2 is 1.97 bits per heavy atom. The Morgan fingerprint density at radius 3 is 2.67 bits per heavy atom. The molecule has 0 atom stereocenters. The van der Waals surface area contributed by atoms with Gasteiger partial charge in [-0.15, -0.1) is 0 Å². The van der Waals surface area contributed by atoms with Crippen LogP contribution in [-0.4, -0.2) is 72.1 Å². The number of methoxy groups -OCH3 is 1. The van der Waals surface area contributed by atoms with E-state index < -0.39 is 0 Å². The molecule has 0 fully saturated rings. The predicted octanol–water partition coefficient (Wildman–Crippen LogP) is 4.07. The van der Waals surface area contributed by atoms with Gasteiger partial charge >= 0.3 is 0 Å². The van der Waals surface area contributed by atoms with Crippen molar-refractivity contribution in [1.29, 1.82) is 5.26 Å². The summed E-state index contributed by atoms with van der Waals surface area (Å²) >= 11 is 0. The second-order valence-corrected chi connectivity index (χ2v) is 9.24. The van der Waals surface area contributed by atoms with Crippen LogP contribution >= 0.6 is 0 Å². The van der Waals surface area contributed by atoms with Gasteiger partial charge in [0.2, 0.25) is 11.9 Å². The Balaban J connectivity index is 1.72. The highest BCUT2D eigenvalue weighted by Gasteiger charge is 2.17. The third-order valence-electron chi connectivity index (χ3n) is 6.20. The molecular weight excluding hydrogens is 494 g/mol. The second kappa shape index (κ2) is 11.6. The van der Waals surface area contributed by atoms with Crippen molar-refractivity contribution >= 4 is 39.8 Å². The number of rotatable bonds is 10. The molecule has 200 valence electrons. The van der Waals surface area contributed by atoms with Gasteiger partial charge in [-0.25, -0.2) is 15.0 Å². The molecule has 0 spiro atoms. The first-order valence-corrected chi connectivity index (χ1v) is 12.2. The topological polar surface area (TPSA) is 135 Å². The van der Waals surface area contributed by atoms with E-state index >= 15 is 0 Å². The van der Waals surface area contributed by atoms with E-state index in [0.717, 1.165) is 29.7 Å². The zero-order valence-corrected chi connectivity index (χ0v) is 22.7. The summed E-state index contributed by atoms with van der Waals surface area (Å²) < 4.78 is 5.68. The number of likely N-dealkylation sites (N-methyl/N-ethyl adjacent to an activating group) is 2. The number of carbonyl (C=O) groups excluding carboxylic acids is 1. The number of hydrogen-bond acceptors (Lipinski definition) is 9. The third kappa shape index (κ3) is 5.97. The Labute approximate surface area is 227 Å². The number of hydrogen-bond donors (Lipinski definition) is 3. The quantitative estimate of drug-likeness (QED) is 0.262. The Hall–Kier alpha value is -4.95. The van der Waals surface area contributed by atoms with Crippen molar-refractivity contribution in [3.05, 3.63) is 60.6 Å². The van der Waals surface area contributed by atoms with Crippen LogP contribution in [0, 0.1) is 18.3 Å². The molecule has 0 saturated heterocycles. The highest BCUT2D eigenvalue weighted by molar-refractivity contribution is 6.02. The molecule has 0 aliphatic rings. The third-order valence-corrected chi connectivity index (χ3v) is 6.20. The van der Waals surface area contributed by atoms with Crippen LogP contribution in [0.25, 0.3) is 22.3 Å². The van der Waals surface area contributed by atoms with Crippen molar-refractivity contribution in [2.75, 3.05) is 56.9 Å². The van der Waals surface area contributed by atoms with E-state index in [2.05, 4.69) is 48.1 Å². The number of nitrogens with zero attached hydrogens (tertiary/aromatic N) is 6. The van der Waals surface area contributed by atoms with Gasteiger partial charge in [0, 0.05) is 44.0 Å². The maximum Gasteiger partial charge on any atom is 0.247 e. The Morgan fingerprint density at radius 1 is 1.18 bits per heavy atom. The van der Waals surface area contributed by atoms with Crippen LogP contribution in [0.5, 0.6) is 5.75 Å². The van der Waals surface area contributed by atoms with E-state index in [4.69, 9.17) is 4.74 Å². The van der Waals surface area contributed by atoms with Crippen LogP contribution in [0.1, 0.15) is 11.3 Å². The van der Waals surface area contributed by atoms with Gasteiger partial charge in [-0.2, -0.15) is 5.26 Å². The van der Waals surface area contributed by atoms with Crippen molar-refractivity contribution in [1.82, 2.24) is 24.8 Å². The monoisotopic (exact) mass is 525 g/mol. The summed E-state index contributed by atoms with van der Waals surface area (Å²) in [5, 5.41) is 16.6. The lowest BCUT2D eigenvalue weighted by Crippen LogP contribution is -2.29. The van der Waals surface area contributed by atoms with Crippen molar-refractivity contribution in [3.63, 3.8) is 0 Å². The first-order valence-electron chi connectivity index (χ1n) is 12.2. The molecule has 11 heteroatoms. The Kier molecular flexibility index (Phi) is 8.07. The molecule has 4 rings (SSSR count). The van der Waals surface area contributed by atoms with Crippen molar-refractivity contribution < 1.29 is 9.53 Å². The molecule has 0 unspecified atom stereocenters. The normalized spacial score (nSPS) is 10.8. The number of fused-ring (bicyclic) bond motifs is 1. The smallest absolute Gasteiger partial charge is 0.247 e. The van der Waals surface area contributed by atoms with Gasteiger partial charge in [0.05, 0.1) is 41.1 Å². The molecular formula is C28H31N9O2. The van der Waals surface area contributed by atoms with E-state index in [1.165, 1.54) is 6.08 Å². The maximum absolute atomic E-state index is 12.2. The SMILES string of the molecule is C=CC(=O)Nc1cc(Nc2nccc(-c3cc4c(C)c[nH]c4c(C#N)n3)n2)c(OC)cc1N(C)CCN(C)C. The second-order valence-electron chi connectivity index (χ2n) is 9.24. The molecule has 39 heavy (non-hydrogen) atoms. The van der Waals surface area contributed by atoms with E-state index in [1.54, 1.807) is 25.4 Å². The number of nitriles is 1. The molecule has 0 bridgehead atoms. The van der Waals surface area contributed by atoms with Crippen LogP contribution in [0.4, 0.5) is 23.0 Å². The molecule has 0 aliphatic heterocycles. The van der Waals surface area contributed by atoms with E-state index in [9.17, 15) is 10.1 Å². The lowest BCUT2D eigenvalue weighted by atomic mass is 10.1. The fourth-order valence-electron chi connectivity index (χ4n) is 4.06. The number of anilines is 4. The van der Waals surface area contributed by atoms with Gasteiger partial charge in [0.15, 0.2) is 5.69 Å². The summed E-state index contributed by atoms with van der Waals surface area (Å²) in [6.07, 6.45) is 4.68. The highest BCUT2D eigenvalue weighted by atomic mass is 16.5. The zero-order valence-electron chi connectivity index (χ0n) is 22.7. The zero-order chi connectivity index (χ0) is 28.1. The van der Waals surface area contributed by atoms with Gasteiger partial charge in [-0.3, -0.25) is 4.79 Å². The summed E-state index contributed by atoms with van der Waals surface area (Å²) in [6, 6.07) is 9.41. The lowest BCUT2D eigenvalue weighted by molar-refractivity contribution is -0.111. The summed E-state index contributed by atoms with van der Waals surface area (Å²) in [4.78, 5) is 33.0. The van der Waals surface area contributed by atoms with Crippen molar-refractivity contribution in [3.8, 4) is 23.2 Å². The fraction of sp³-hybridized carbons (Fsp3) is 0.250. The van der Waals surface area contributed by atoms with E-state index in [1.807, 2.05) is 51.3 Å². The molecule has 0 saturated carbocycles. The van der Waals surface area contributed by atoms with Crippen molar-refractivity contribution in [2.24, 2.45) is 0 Å². The Bertz CT molecular complexity index is 1570. The van der Waals surface area contributed by atoms with Crippen molar-refractivity contribution in [2.45, 2.75) is 6.92 Å². The molecule has 3 N–H and O–H groups in total. The van der Waals surface area contributed by atoms with Gasteiger partial charge < -0.3 is 30.2 Å². The molecule has 1 amide bonds. The number of H-pyrrole nitrogens is 1. The fourth-order valence-corrected chi connectivity index (χ4v) is 4.06. The van der Waals surface area contributed by atoms with Crippen LogP contribution in [0.2, 0.25) is 0 Å². The largest absolute Gasteiger partial charge is 0.494 e. The van der Waals surface area contributed by atoms with Crippen LogP contribution in [0.3, 0.4) is 0 Å². The number of carbonyl (C=O) groups is 1. The molecule has 4 aromatic rings. The van der Waals surface area contributed by atoms with Gasteiger partial charge in [0.1, 0.15) is 11.8 Å². The minimum Gasteiger partial charge on any atom is -0.494 e. The standard InChI is InChI=1S/C28H31N9O2/c1-7-26(38)33-21-13-22(25(39-6)14-24(21)37(5)11-10-36(3)4)35-28-30-9-8-19(34-28)20-12-18-17(2)16-31-27(18)23(15-29)32-20/h7-9,12-14,16,31H,1,10-11H2,2-6H3,(H,33,38)(H,30,34,35). The number of aryl methyl sites for hydroxylation is 1. The molecule has 3 heterocycles. The first-order chi connectivity index (χ1) is 18.7. The number of nitrogens with one attached hydrogen (secondary N) is 3.